The maximum atomic E-state index is 14.1. The average Bonchev–Trinajstić information content (AvgIpc) is 2.75. The SMILES string of the molecule is O=[N+]([O-])c1ccc(I(OS(=O)(=O)c2c(F)c(F)c(F)c(F)c2F)c2ccccc2)cc1. The van der Waals surface area contributed by atoms with E-state index in [1.165, 1.54) is 36.4 Å². The number of nitro benzene ring substituents is 1. The zero-order chi connectivity index (χ0) is 22.9. The summed E-state index contributed by atoms with van der Waals surface area (Å²) in [4.78, 5) is 8.03. The molecule has 0 aliphatic heterocycles. The second-order valence-corrected chi connectivity index (χ2v) is 12.1. The minimum absolute atomic E-state index is 0.161. The van der Waals surface area contributed by atoms with Gasteiger partial charge in [0.05, 0.1) is 0 Å². The van der Waals surface area contributed by atoms with Crippen LogP contribution in [0.5, 0.6) is 0 Å². The van der Waals surface area contributed by atoms with Gasteiger partial charge in [-0.15, -0.1) is 0 Å². The molecule has 3 aromatic rings. The Kier molecular flexibility index (Phi) is 6.56. The normalized spacial score (nSPS) is 12.0. The third-order valence-electron chi connectivity index (χ3n) is 3.73. The molecular weight excluding hydrogens is 564 g/mol. The summed E-state index contributed by atoms with van der Waals surface area (Å²) >= 11 is -3.59. The summed E-state index contributed by atoms with van der Waals surface area (Å²) in [6.07, 6.45) is 0. The first-order valence-corrected chi connectivity index (χ1v) is 12.4. The van der Waals surface area contributed by atoms with Gasteiger partial charge < -0.3 is 0 Å². The average molecular weight is 573 g/mol. The summed E-state index contributed by atoms with van der Waals surface area (Å²) in [6.45, 7) is 0. The molecule has 31 heavy (non-hydrogen) atoms. The number of non-ortho nitro benzene ring substituents is 1. The molecule has 3 aromatic carbocycles. The van der Waals surface area contributed by atoms with Gasteiger partial charge in [-0.25, -0.2) is 0 Å². The van der Waals surface area contributed by atoms with Crippen LogP contribution in [0.25, 0.3) is 0 Å². The van der Waals surface area contributed by atoms with Crippen molar-refractivity contribution in [3.63, 3.8) is 0 Å². The van der Waals surface area contributed by atoms with Gasteiger partial charge in [0.15, 0.2) is 0 Å². The molecule has 0 atom stereocenters. The Bertz CT molecular complexity index is 1230. The van der Waals surface area contributed by atoms with Crippen molar-refractivity contribution in [1.29, 1.82) is 0 Å². The monoisotopic (exact) mass is 573 g/mol. The molecule has 164 valence electrons. The first-order chi connectivity index (χ1) is 14.5. The topological polar surface area (TPSA) is 86.5 Å². The van der Waals surface area contributed by atoms with Gasteiger partial charge in [-0.2, -0.15) is 0 Å². The summed E-state index contributed by atoms with van der Waals surface area (Å²) in [5.74, 6) is -12.5. The van der Waals surface area contributed by atoms with Crippen LogP contribution in [0.3, 0.4) is 0 Å². The van der Waals surface area contributed by atoms with E-state index in [1.54, 1.807) is 6.07 Å². The quantitative estimate of drug-likeness (QED) is 0.102. The molecule has 6 nitrogen and oxygen atoms in total. The summed E-state index contributed by atoms with van der Waals surface area (Å²) < 4.78 is 99.1. The van der Waals surface area contributed by atoms with E-state index < -0.39 is 69.3 Å². The summed E-state index contributed by atoms with van der Waals surface area (Å²) in [6, 6.07) is 12.0. The predicted molar refractivity (Wildman–Crippen MR) is 105 cm³/mol. The Morgan fingerprint density at radius 3 is 1.68 bits per heavy atom. The van der Waals surface area contributed by atoms with Crippen LogP contribution in [-0.2, 0) is 12.6 Å². The number of halogens is 6. The van der Waals surface area contributed by atoms with E-state index in [1.807, 2.05) is 0 Å². The molecule has 0 unspecified atom stereocenters. The van der Waals surface area contributed by atoms with E-state index in [0.29, 0.717) is 0 Å². The number of benzene rings is 3. The van der Waals surface area contributed by atoms with Crippen LogP contribution in [0, 0.1) is 46.3 Å². The van der Waals surface area contributed by atoms with E-state index in [-0.39, 0.29) is 12.8 Å². The van der Waals surface area contributed by atoms with Crippen LogP contribution in [-0.4, -0.2) is 13.3 Å². The number of hydrogen-bond acceptors (Lipinski definition) is 5. The number of nitro groups is 1. The molecule has 0 aliphatic rings. The van der Waals surface area contributed by atoms with Crippen LogP contribution >= 0.6 is 20.2 Å². The Hall–Kier alpha value is -2.65. The van der Waals surface area contributed by atoms with Gasteiger partial charge in [-0.1, -0.05) is 0 Å². The third kappa shape index (κ3) is 4.52. The van der Waals surface area contributed by atoms with Crippen LogP contribution in [0.1, 0.15) is 0 Å². The second kappa shape index (κ2) is 8.84. The molecule has 0 aromatic heterocycles. The molecule has 0 radical (unpaired) electrons. The van der Waals surface area contributed by atoms with Crippen molar-refractivity contribution in [3.05, 3.63) is 101 Å². The molecule has 0 N–H and O–H groups in total. The minimum atomic E-state index is -5.47. The molecule has 0 saturated heterocycles. The van der Waals surface area contributed by atoms with Crippen molar-refractivity contribution in [2.45, 2.75) is 4.90 Å². The van der Waals surface area contributed by atoms with Crippen molar-refractivity contribution < 1.29 is 37.8 Å². The van der Waals surface area contributed by atoms with E-state index in [9.17, 15) is 40.5 Å². The first-order valence-electron chi connectivity index (χ1n) is 8.00. The summed E-state index contributed by atoms with van der Waals surface area (Å²) in [5.41, 5.74) is -0.310. The molecule has 0 fully saturated rings. The number of rotatable bonds is 6. The van der Waals surface area contributed by atoms with Crippen LogP contribution in [0.15, 0.2) is 59.5 Å². The molecule has 13 heteroatoms. The Balaban J connectivity index is 2.13. The third-order valence-corrected chi connectivity index (χ3v) is 11.1. The van der Waals surface area contributed by atoms with Crippen molar-refractivity contribution in [1.82, 2.24) is 0 Å². The van der Waals surface area contributed by atoms with Crippen LogP contribution < -0.4 is 0 Å². The molecule has 0 bridgehead atoms. The maximum absolute atomic E-state index is 14.1. The Morgan fingerprint density at radius 1 is 0.742 bits per heavy atom. The standard InChI is InChI=1S/C18H9F5INO5S/c19-13-14(20)16(22)18(17(23)15(13)21)31(28,29)30-24(10-4-2-1-3-5-10)11-6-8-12(9-7-11)25(26)27/h1-9H. The van der Waals surface area contributed by atoms with Gasteiger partial charge in [-0.05, 0) is 0 Å². The van der Waals surface area contributed by atoms with Gasteiger partial charge in [0.1, 0.15) is 0 Å². The van der Waals surface area contributed by atoms with Crippen molar-refractivity contribution in [2.24, 2.45) is 0 Å². The van der Waals surface area contributed by atoms with E-state index in [2.05, 4.69) is 0 Å². The van der Waals surface area contributed by atoms with Crippen molar-refractivity contribution in [2.75, 3.05) is 0 Å². The van der Waals surface area contributed by atoms with E-state index >= 15 is 0 Å². The predicted octanol–water partition coefficient (Wildman–Crippen LogP) is 5.16. The van der Waals surface area contributed by atoms with Gasteiger partial charge in [0.2, 0.25) is 0 Å². The summed E-state index contributed by atoms with van der Waals surface area (Å²) in [7, 11) is -5.47. The first kappa shape index (κ1) is 23.0. The fourth-order valence-electron chi connectivity index (χ4n) is 2.32. The van der Waals surface area contributed by atoms with Gasteiger partial charge in [0, 0.05) is 0 Å². The van der Waals surface area contributed by atoms with Crippen LogP contribution in [0.4, 0.5) is 27.6 Å². The molecule has 0 spiro atoms. The molecule has 0 aliphatic carbocycles. The Morgan fingerprint density at radius 2 is 1.19 bits per heavy atom. The molecular formula is C18H9F5INO5S. The fourth-order valence-corrected chi connectivity index (χ4v) is 9.32. The fraction of sp³-hybridized carbons (Fsp3) is 0. The van der Waals surface area contributed by atoms with Gasteiger partial charge in [0.25, 0.3) is 0 Å². The molecule has 3 rings (SSSR count). The summed E-state index contributed by atoms with van der Waals surface area (Å²) in [5, 5.41) is 10.8. The molecule has 0 saturated carbocycles. The van der Waals surface area contributed by atoms with Crippen molar-refractivity contribution in [3.8, 4) is 0 Å². The molecule has 0 amide bonds. The number of hydrogen-bond donors (Lipinski definition) is 0. The Labute approximate surface area is 179 Å². The van der Waals surface area contributed by atoms with Crippen molar-refractivity contribution >= 4 is 36.0 Å². The zero-order valence-corrected chi connectivity index (χ0v) is 17.8. The van der Waals surface area contributed by atoms with Crippen LogP contribution in [0.2, 0.25) is 0 Å². The zero-order valence-electron chi connectivity index (χ0n) is 14.9. The second-order valence-electron chi connectivity index (χ2n) is 5.69. The number of nitrogens with zero attached hydrogens (tertiary/aromatic N) is 1. The van der Waals surface area contributed by atoms with Gasteiger partial charge in [-0.3, -0.25) is 0 Å². The van der Waals surface area contributed by atoms with E-state index in [0.717, 1.165) is 12.1 Å². The van der Waals surface area contributed by atoms with Gasteiger partial charge >= 0.3 is 180 Å². The van der Waals surface area contributed by atoms with E-state index in [4.69, 9.17) is 2.51 Å². The molecule has 0 heterocycles.